The number of hydrogen-bond acceptors (Lipinski definition) is 5. The van der Waals surface area contributed by atoms with Gasteiger partial charge in [0, 0.05) is 20.6 Å². The topological polar surface area (TPSA) is 99.6 Å². The summed E-state index contributed by atoms with van der Waals surface area (Å²) in [5, 5.41) is 21.4. The minimum absolute atomic E-state index is 0.0511. The number of hydrazone groups is 1. The van der Waals surface area contributed by atoms with Gasteiger partial charge in [0.2, 0.25) is 0 Å². The summed E-state index contributed by atoms with van der Waals surface area (Å²) in [4.78, 5) is 12.4. The molecule has 0 atom stereocenters. The quantitative estimate of drug-likeness (QED) is 0.218. The van der Waals surface area contributed by atoms with Gasteiger partial charge in [0.05, 0.1) is 11.9 Å². The molecule has 0 unspecified atom stereocenters. The summed E-state index contributed by atoms with van der Waals surface area (Å²) >= 11 is 9.25. The zero-order valence-corrected chi connectivity index (χ0v) is 19.5. The van der Waals surface area contributed by atoms with Crippen LogP contribution in [0.5, 0.6) is 11.5 Å². The number of aromatic nitrogens is 2. The second-order valence-electron chi connectivity index (χ2n) is 6.98. The molecular weight excluding hydrogens is 508 g/mol. The highest BCUT2D eigenvalue weighted by Gasteiger charge is 2.14. The Morgan fingerprint density at radius 1 is 1.15 bits per heavy atom. The zero-order chi connectivity index (χ0) is 23.2. The van der Waals surface area contributed by atoms with E-state index in [2.05, 4.69) is 36.7 Å². The molecule has 0 radical (unpaired) electrons. The van der Waals surface area contributed by atoms with Gasteiger partial charge in [0.25, 0.3) is 5.91 Å². The number of halogens is 2. The van der Waals surface area contributed by atoms with Crippen molar-refractivity contribution in [3.8, 4) is 22.8 Å². The summed E-state index contributed by atoms with van der Waals surface area (Å²) in [7, 11) is 0. The lowest BCUT2D eigenvalue weighted by atomic mass is 10.1. The fourth-order valence-electron chi connectivity index (χ4n) is 2.97. The third kappa shape index (κ3) is 5.79. The lowest BCUT2D eigenvalue weighted by Crippen LogP contribution is -2.18. The molecular formula is C24H18BrClN4O3. The van der Waals surface area contributed by atoms with Crippen molar-refractivity contribution in [2.45, 2.75) is 6.61 Å². The molecule has 0 fully saturated rings. The van der Waals surface area contributed by atoms with Gasteiger partial charge in [-0.1, -0.05) is 51.8 Å². The maximum atomic E-state index is 12.4. The predicted molar refractivity (Wildman–Crippen MR) is 131 cm³/mol. The molecule has 0 aliphatic rings. The van der Waals surface area contributed by atoms with Crippen LogP contribution in [0.3, 0.4) is 0 Å². The maximum absolute atomic E-state index is 12.4. The van der Waals surface area contributed by atoms with E-state index >= 15 is 0 Å². The molecule has 166 valence electrons. The van der Waals surface area contributed by atoms with Gasteiger partial charge in [-0.15, -0.1) is 0 Å². The van der Waals surface area contributed by atoms with Crippen molar-refractivity contribution in [1.82, 2.24) is 15.6 Å². The van der Waals surface area contributed by atoms with Gasteiger partial charge in [-0.3, -0.25) is 9.89 Å². The number of carbonyl (C=O) groups excluding carboxylic acids is 1. The first-order chi connectivity index (χ1) is 16.0. The number of hydrogen-bond donors (Lipinski definition) is 3. The van der Waals surface area contributed by atoms with Crippen LogP contribution in [0.25, 0.3) is 11.3 Å². The van der Waals surface area contributed by atoms with Gasteiger partial charge in [0.15, 0.2) is 0 Å². The van der Waals surface area contributed by atoms with Crippen molar-refractivity contribution in [1.29, 1.82) is 0 Å². The summed E-state index contributed by atoms with van der Waals surface area (Å²) in [5.74, 6) is 0.211. The number of benzene rings is 3. The van der Waals surface area contributed by atoms with E-state index in [1.165, 1.54) is 12.3 Å². The first kappa shape index (κ1) is 22.6. The molecule has 4 rings (SSSR count). The number of carbonyl (C=O) groups is 1. The number of H-pyrrole nitrogens is 1. The van der Waals surface area contributed by atoms with E-state index in [0.29, 0.717) is 28.6 Å². The second kappa shape index (κ2) is 10.3. The van der Waals surface area contributed by atoms with Crippen LogP contribution in [0.4, 0.5) is 0 Å². The molecule has 0 saturated carbocycles. The fourth-order valence-corrected chi connectivity index (χ4v) is 3.48. The first-order valence-electron chi connectivity index (χ1n) is 9.83. The Morgan fingerprint density at radius 2 is 1.94 bits per heavy atom. The molecule has 1 amide bonds. The molecule has 33 heavy (non-hydrogen) atoms. The monoisotopic (exact) mass is 524 g/mol. The molecule has 0 aliphatic heterocycles. The molecule has 0 aliphatic carbocycles. The minimum Gasteiger partial charge on any atom is -0.507 e. The number of ether oxygens (including phenoxy) is 1. The molecule has 0 saturated heterocycles. The van der Waals surface area contributed by atoms with Crippen molar-refractivity contribution >= 4 is 39.7 Å². The third-order valence-electron chi connectivity index (χ3n) is 4.65. The second-order valence-corrected chi connectivity index (χ2v) is 8.33. The summed E-state index contributed by atoms with van der Waals surface area (Å²) in [6.45, 7) is 0.364. The molecule has 3 aromatic carbocycles. The van der Waals surface area contributed by atoms with Gasteiger partial charge in [-0.25, -0.2) is 5.43 Å². The lowest BCUT2D eigenvalue weighted by Gasteiger charge is -2.10. The number of aromatic amines is 1. The van der Waals surface area contributed by atoms with Gasteiger partial charge < -0.3 is 9.84 Å². The van der Waals surface area contributed by atoms with Crippen LogP contribution >= 0.6 is 27.5 Å². The number of phenolic OH excluding ortho intramolecular Hbond substituents is 1. The Bertz CT molecular complexity index is 1310. The molecule has 0 bridgehead atoms. The number of rotatable bonds is 7. The normalized spacial score (nSPS) is 11.0. The maximum Gasteiger partial charge on any atom is 0.289 e. The molecule has 7 nitrogen and oxygen atoms in total. The summed E-state index contributed by atoms with van der Waals surface area (Å²) in [6, 6.07) is 21.4. The van der Waals surface area contributed by atoms with E-state index < -0.39 is 5.91 Å². The predicted octanol–water partition coefficient (Wildman–Crippen LogP) is 5.54. The fraction of sp³-hybridized carbons (Fsp3) is 0.0417. The van der Waals surface area contributed by atoms with E-state index in [0.717, 1.165) is 15.6 Å². The van der Waals surface area contributed by atoms with Crippen LogP contribution in [0.1, 0.15) is 21.6 Å². The highest BCUT2D eigenvalue weighted by Crippen LogP contribution is 2.29. The van der Waals surface area contributed by atoms with Gasteiger partial charge in [-0.2, -0.15) is 10.2 Å². The average Bonchev–Trinajstić information content (AvgIpc) is 3.31. The molecule has 1 aromatic heterocycles. The van der Waals surface area contributed by atoms with E-state index in [1.807, 2.05) is 48.5 Å². The van der Waals surface area contributed by atoms with Crippen LogP contribution in [0.2, 0.25) is 5.02 Å². The minimum atomic E-state index is -0.473. The number of phenols is 1. The molecule has 4 aromatic rings. The van der Waals surface area contributed by atoms with Crippen LogP contribution in [-0.4, -0.2) is 27.4 Å². The van der Waals surface area contributed by atoms with Crippen molar-refractivity contribution < 1.29 is 14.6 Å². The van der Waals surface area contributed by atoms with Crippen molar-refractivity contribution in [3.63, 3.8) is 0 Å². The largest absolute Gasteiger partial charge is 0.507 e. The average molecular weight is 526 g/mol. The summed E-state index contributed by atoms with van der Waals surface area (Å²) < 4.78 is 6.75. The van der Waals surface area contributed by atoms with Crippen molar-refractivity contribution in [2.24, 2.45) is 5.10 Å². The Morgan fingerprint density at radius 3 is 2.76 bits per heavy atom. The molecule has 3 N–H and O–H groups in total. The smallest absolute Gasteiger partial charge is 0.289 e. The molecule has 1 heterocycles. The Balaban J connectivity index is 1.44. The Labute approximate surface area is 203 Å². The zero-order valence-electron chi connectivity index (χ0n) is 17.1. The van der Waals surface area contributed by atoms with Crippen LogP contribution < -0.4 is 10.2 Å². The summed E-state index contributed by atoms with van der Waals surface area (Å²) in [5.41, 5.74) is 5.38. The summed E-state index contributed by atoms with van der Waals surface area (Å²) in [6.07, 6.45) is 1.36. The first-order valence-corrected chi connectivity index (χ1v) is 11.0. The third-order valence-corrected chi connectivity index (χ3v) is 5.40. The van der Waals surface area contributed by atoms with E-state index in [4.69, 9.17) is 16.3 Å². The highest BCUT2D eigenvalue weighted by molar-refractivity contribution is 9.10. The van der Waals surface area contributed by atoms with E-state index in [-0.39, 0.29) is 11.4 Å². The Kier molecular flexibility index (Phi) is 7.07. The van der Waals surface area contributed by atoms with Crippen molar-refractivity contribution in [3.05, 3.63) is 99.1 Å². The number of aromatic hydroxyl groups is 1. The van der Waals surface area contributed by atoms with Crippen molar-refractivity contribution in [2.75, 3.05) is 0 Å². The van der Waals surface area contributed by atoms with Gasteiger partial charge in [-0.05, 0) is 54.1 Å². The van der Waals surface area contributed by atoms with E-state index in [9.17, 15) is 9.90 Å². The molecule has 0 spiro atoms. The molecule has 9 heteroatoms. The number of amides is 1. The number of nitrogens with zero attached hydrogens (tertiary/aromatic N) is 2. The van der Waals surface area contributed by atoms with E-state index in [1.54, 1.807) is 18.2 Å². The highest BCUT2D eigenvalue weighted by atomic mass is 79.9. The van der Waals surface area contributed by atoms with Gasteiger partial charge in [0.1, 0.15) is 23.8 Å². The lowest BCUT2D eigenvalue weighted by molar-refractivity contribution is 0.0950. The van der Waals surface area contributed by atoms with Crippen LogP contribution in [-0.2, 0) is 6.61 Å². The standard InChI is InChI=1S/C24H18BrClN4O3/c25-17-7-10-22(31)16(11-17)13-27-30-24(32)21-12-20(28-29-21)19-3-1-2-4-23(19)33-14-15-5-8-18(26)9-6-15/h1-13,31H,14H2,(H,28,29)(H,30,32)/b27-13+. The number of nitrogens with one attached hydrogen (secondary N) is 2. The SMILES string of the molecule is O=C(N/N=C/c1cc(Br)ccc1O)c1cc(-c2ccccc2OCc2ccc(Cl)cc2)n[nH]1. The van der Waals surface area contributed by atoms with Crippen LogP contribution in [0.15, 0.2) is 82.4 Å². The van der Waals surface area contributed by atoms with Crippen LogP contribution in [0, 0.1) is 0 Å². The Hall–Kier alpha value is -3.62. The van der Waals surface area contributed by atoms with Gasteiger partial charge >= 0.3 is 0 Å². The number of para-hydroxylation sites is 1.